The smallest absolute Gasteiger partial charge is 0.348 e. The lowest BCUT2D eigenvalue weighted by Crippen LogP contribution is -2.30. The average Bonchev–Trinajstić information content (AvgIpc) is 2.73. The summed E-state index contributed by atoms with van der Waals surface area (Å²) in [5.74, 6) is -0.303. The van der Waals surface area contributed by atoms with Gasteiger partial charge in [-0.2, -0.15) is 0 Å². The number of ether oxygens (including phenoxy) is 2. The van der Waals surface area contributed by atoms with Crippen molar-refractivity contribution in [2.24, 2.45) is 0 Å². The lowest BCUT2D eigenvalue weighted by Gasteiger charge is -2.21. The summed E-state index contributed by atoms with van der Waals surface area (Å²) in [4.78, 5) is 25.8. The van der Waals surface area contributed by atoms with Crippen molar-refractivity contribution in [3.05, 3.63) is 101 Å². The maximum absolute atomic E-state index is 13.1. The molecule has 29 heavy (non-hydrogen) atoms. The maximum atomic E-state index is 13.1. The van der Waals surface area contributed by atoms with Crippen LogP contribution in [0.15, 0.2) is 78.9 Å². The highest BCUT2D eigenvalue weighted by atomic mass is 16.6. The summed E-state index contributed by atoms with van der Waals surface area (Å²) >= 11 is 0. The molecule has 0 spiro atoms. The number of esters is 1. The molecule has 0 heterocycles. The quantitative estimate of drug-likeness (QED) is 0.410. The molecule has 2 atom stereocenters. The van der Waals surface area contributed by atoms with Crippen LogP contribution in [-0.2, 0) is 9.53 Å². The number of para-hydroxylation sites is 1. The minimum Gasteiger partial charge on any atom is -0.479 e. The molecular formula is C25H24O4. The van der Waals surface area contributed by atoms with E-state index >= 15 is 0 Å². The Balaban J connectivity index is 1.82. The molecule has 3 aromatic carbocycles. The molecule has 0 unspecified atom stereocenters. The second kappa shape index (κ2) is 9.20. The van der Waals surface area contributed by atoms with Gasteiger partial charge in [0, 0.05) is 11.1 Å². The first-order valence-electron chi connectivity index (χ1n) is 9.53. The third kappa shape index (κ3) is 5.32. The zero-order valence-electron chi connectivity index (χ0n) is 16.8. The minimum atomic E-state index is -1.03. The number of hydrogen-bond acceptors (Lipinski definition) is 4. The monoisotopic (exact) mass is 388 g/mol. The molecule has 148 valence electrons. The van der Waals surface area contributed by atoms with Crippen LogP contribution in [0.2, 0.25) is 0 Å². The van der Waals surface area contributed by atoms with E-state index in [1.807, 2.05) is 68.4 Å². The van der Waals surface area contributed by atoms with Crippen LogP contribution in [0.3, 0.4) is 0 Å². The standard InChI is InChI=1S/C25H24O4/c1-17-9-13-20(14-10-17)23(26)24(21-15-11-18(2)12-16-21)29-25(27)19(3)28-22-7-5-4-6-8-22/h4-16,19,24H,1-3H3/t19-,24-/m0/s1. The van der Waals surface area contributed by atoms with Crippen LogP contribution >= 0.6 is 0 Å². The van der Waals surface area contributed by atoms with E-state index in [0.29, 0.717) is 16.9 Å². The second-order valence-corrected chi connectivity index (χ2v) is 7.03. The van der Waals surface area contributed by atoms with Crippen molar-refractivity contribution in [2.75, 3.05) is 0 Å². The first-order valence-corrected chi connectivity index (χ1v) is 9.53. The summed E-state index contributed by atoms with van der Waals surface area (Å²) in [6.07, 6.45) is -1.89. The van der Waals surface area contributed by atoms with E-state index in [1.54, 1.807) is 31.2 Å². The molecule has 0 aliphatic heterocycles. The van der Waals surface area contributed by atoms with E-state index < -0.39 is 18.2 Å². The molecule has 0 saturated carbocycles. The summed E-state index contributed by atoms with van der Waals surface area (Å²) in [6, 6.07) is 23.7. The number of benzene rings is 3. The molecule has 4 heteroatoms. The first-order chi connectivity index (χ1) is 13.9. The predicted octanol–water partition coefficient (Wildman–Crippen LogP) is 5.24. The van der Waals surface area contributed by atoms with Crippen molar-refractivity contribution in [2.45, 2.75) is 33.0 Å². The van der Waals surface area contributed by atoms with Crippen molar-refractivity contribution < 1.29 is 19.1 Å². The van der Waals surface area contributed by atoms with Gasteiger partial charge < -0.3 is 9.47 Å². The van der Waals surface area contributed by atoms with E-state index in [0.717, 1.165) is 11.1 Å². The van der Waals surface area contributed by atoms with Gasteiger partial charge in [-0.25, -0.2) is 4.79 Å². The van der Waals surface area contributed by atoms with E-state index in [4.69, 9.17) is 9.47 Å². The summed E-state index contributed by atoms with van der Waals surface area (Å²) in [5, 5.41) is 0. The predicted molar refractivity (Wildman–Crippen MR) is 112 cm³/mol. The van der Waals surface area contributed by atoms with Gasteiger partial charge in [-0.1, -0.05) is 77.9 Å². The van der Waals surface area contributed by atoms with Gasteiger partial charge in [-0.15, -0.1) is 0 Å². The largest absolute Gasteiger partial charge is 0.479 e. The third-order valence-electron chi connectivity index (χ3n) is 4.58. The molecule has 0 amide bonds. The number of aryl methyl sites for hydroxylation is 2. The molecule has 4 nitrogen and oxygen atoms in total. The Morgan fingerprint density at radius 2 is 1.31 bits per heavy atom. The Morgan fingerprint density at radius 3 is 1.90 bits per heavy atom. The number of carbonyl (C=O) groups excluding carboxylic acids is 2. The van der Waals surface area contributed by atoms with Gasteiger partial charge >= 0.3 is 5.97 Å². The Bertz CT molecular complexity index is 960. The average molecular weight is 388 g/mol. The van der Waals surface area contributed by atoms with Crippen LogP contribution in [0, 0.1) is 13.8 Å². The van der Waals surface area contributed by atoms with Gasteiger partial charge in [0.15, 0.2) is 12.2 Å². The van der Waals surface area contributed by atoms with Gasteiger partial charge in [-0.05, 0) is 32.9 Å². The Hall–Kier alpha value is -3.40. The molecule has 0 N–H and O–H groups in total. The van der Waals surface area contributed by atoms with Crippen molar-refractivity contribution in [1.29, 1.82) is 0 Å². The van der Waals surface area contributed by atoms with Gasteiger partial charge in [0.1, 0.15) is 5.75 Å². The molecular weight excluding hydrogens is 364 g/mol. The topological polar surface area (TPSA) is 52.6 Å². The van der Waals surface area contributed by atoms with E-state index in [1.165, 1.54) is 0 Å². The number of ketones is 1. The molecule has 0 aliphatic carbocycles. The molecule has 0 bridgehead atoms. The second-order valence-electron chi connectivity index (χ2n) is 7.03. The van der Waals surface area contributed by atoms with E-state index in [9.17, 15) is 9.59 Å². The van der Waals surface area contributed by atoms with E-state index in [2.05, 4.69) is 0 Å². The molecule has 3 aromatic rings. The maximum Gasteiger partial charge on any atom is 0.348 e. The Morgan fingerprint density at radius 1 is 0.759 bits per heavy atom. The van der Waals surface area contributed by atoms with Gasteiger partial charge in [-0.3, -0.25) is 4.79 Å². The first kappa shape index (κ1) is 20.3. The SMILES string of the molecule is Cc1ccc(C(=O)[C@@H](OC(=O)[C@H](C)Oc2ccccc2)c2ccc(C)cc2)cc1. The number of hydrogen-bond donors (Lipinski definition) is 0. The van der Waals surface area contributed by atoms with Crippen molar-refractivity contribution >= 4 is 11.8 Å². The lowest BCUT2D eigenvalue weighted by atomic mass is 9.98. The molecule has 0 aliphatic rings. The summed E-state index contributed by atoms with van der Waals surface area (Å²) in [5.41, 5.74) is 3.23. The van der Waals surface area contributed by atoms with Gasteiger partial charge in [0.2, 0.25) is 5.78 Å². The van der Waals surface area contributed by atoms with Crippen LogP contribution in [0.4, 0.5) is 0 Å². The van der Waals surface area contributed by atoms with Crippen LogP contribution in [-0.4, -0.2) is 17.9 Å². The molecule has 0 aromatic heterocycles. The fraction of sp³-hybridized carbons (Fsp3) is 0.200. The van der Waals surface area contributed by atoms with Crippen LogP contribution in [0.25, 0.3) is 0 Å². The Labute approximate surface area is 171 Å². The molecule has 3 rings (SSSR count). The number of rotatable bonds is 7. The van der Waals surface area contributed by atoms with Gasteiger partial charge in [0.25, 0.3) is 0 Å². The highest BCUT2D eigenvalue weighted by Crippen LogP contribution is 2.25. The fourth-order valence-corrected chi connectivity index (χ4v) is 2.85. The molecule has 0 radical (unpaired) electrons. The van der Waals surface area contributed by atoms with Crippen molar-refractivity contribution in [3.63, 3.8) is 0 Å². The Kier molecular flexibility index (Phi) is 6.45. The van der Waals surface area contributed by atoms with Crippen LogP contribution in [0.5, 0.6) is 5.75 Å². The van der Waals surface area contributed by atoms with Crippen LogP contribution < -0.4 is 4.74 Å². The molecule has 0 saturated heterocycles. The summed E-state index contributed by atoms with van der Waals surface area (Å²) in [7, 11) is 0. The summed E-state index contributed by atoms with van der Waals surface area (Å²) < 4.78 is 11.3. The summed E-state index contributed by atoms with van der Waals surface area (Å²) in [6.45, 7) is 5.52. The van der Waals surface area contributed by atoms with Crippen molar-refractivity contribution in [3.8, 4) is 5.75 Å². The van der Waals surface area contributed by atoms with Gasteiger partial charge in [0.05, 0.1) is 0 Å². The van der Waals surface area contributed by atoms with Crippen molar-refractivity contribution in [1.82, 2.24) is 0 Å². The van der Waals surface area contributed by atoms with Crippen LogP contribution in [0.1, 0.15) is 40.1 Å². The third-order valence-corrected chi connectivity index (χ3v) is 4.58. The zero-order valence-corrected chi connectivity index (χ0v) is 16.8. The zero-order chi connectivity index (χ0) is 20.8. The fourth-order valence-electron chi connectivity index (χ4n) is 2.85. The highest BCUT2D eigenvalue weighted by molar-refractivity contribution is 6.01. The van der Waals surface area contributed by atoms with E-state index in [-0.39, 0.29) is 5.78 Å². The lowest BCUT2D eigenvalue weighted by molar-refractivity contribution is -0.154. The molecule has 0 fully saturated rings. The number of Topliss-reactive ketones (excluding diaryl/α,β-unsaturated/α-hetero) is 1. The number of carbonyl (C=O) groups is 2. The normalized spacial score (nSPS) is 12.7. The highest BCUT2D eigenvalue weighted by Gasteiger charge is 2.29. The minimum absolute atomic E-state index is 0.269.